The molecule has 0 aliphatic heterocycles. The van der Waals surface area contributed by atoms with Crippen molar-refractivity contribution in [2.75, 3.05) is 6.26 Å². The van der Waals surface area contributed by atoms with E-state index in [1.54, 1.807) is 18.2 Å². The Morgan fingerprint density at radius 2 is 1.78 bits per heavy atom. The van der Waals surface area contributed by atoms with Crippen molar-refractivity contribution in [1.82, 2.24) is 5.32 Å². The van der Waals surface area contributed by atoms with Crippen LogP contribution in [0, 0.1) is 11.3 Å². The molecule has 8 heteroatoms. The molecule has 1 aliphatic carbocycles. The maximum absolute atomic E-state index is 12.6. The molecular weight excluding hydrogens is 424 g/mol. The van der Waals surface area contributed by atoms with Crippen molar-refractivity contribution in [3.63, 3.8) is 0 Å². The Morgan fingerprint density at radius 1 is 1.12 bits per heavy atom. The monoisotopic (exact) mass is 454 g/mol. The Balaban J connectivity index is 1.69. The summed E-state index contributed by atoms with van der Waals surface area (Å²) in [7, 11) is -3.40. The molecule has 1 amide bonds. The molecule has 1 saturated carbocycles. The predicted molar refractivity (Wildman–Crippen MR) is 125 cm³/mol. The maximum Gasteiger partial charge on any atom is 0.241 e. The van der Waals surface area contributed by atoms with Crippen LogP contribution in [-0.2, 0) is 21.1 Å². The molecule has 7 nitrogen and oxygen atoms in total. The van der Waals surface area contributed by atoms with E-state index in [0.29, 0.717) is 24.8 Å². The van der Waals surface area contributed by atoms with E-state index >= 15 is 0 Å². The number of nitriles is 1. The van der Waals surface area contributed by atoms with Crippen molar-refractivity contribution in [3.8, 4) is 17.2 Å². The Labute approximate surface area is 189 Å². The van der Waals surface area contributed by atoms with Gasteiger partial charge in [-0.15, -0.1) is 0 Å². The second-order valence-corrected chi connectivity index (χ2v) is 10.8. The van der Waals surface area contributed by atoms with Crippen LogP contribution < -0.4 is 16.8 Å². The molecule has 0 saturated heterocycles. The zero-order valence-electron chi connectivity index (χ0n) is 18.3. The summed E-state index contributed by atoms with van der Waals surface area (Å²) >= 11 is 0. The molecule has 2 aromatic carbocycles. The molecule has 5 N–H and O–H groups in total. The lowest BCUT2D eigenvalue weighted by Gasteiger charge is -2.32. The van der Waals surface area contributed by atoms with E-state index in [1.165, 1.54) is 0 Å². The lowest BCUT2D eigenvalue weighted by molar-refractivity contribution is -0.127. The fourth-order valence-corrected chi connectivity index (χ4v) is 4.69. The molecular formula is C24H30N4O3S. The molecule has 1 aliphatic rings. The Bertz CT molecular complexity index is 1100. The summed E-state index contributed by atoms with van der Waals surface area (Å²) in [6, 6.07) is 16.2. The van der Waals surface area contributed by atoms with Gasteiger partial charge in [0.05, 0.1) is 11.6 Å². The van der Waals surface area contributed by atoms with Gasteiger partial charge in [-0.05, 0) is 41.2 Å². The van der Waals surface area contributed by atoms with E-state index in [4.69, 9.17) is 11.5 Å². The molecule has 32 heavy (non-hydrogen) atoms. The zero-order valence-corrected chi connectivity index (χ0v) is 19.1. The minimum absolute atomic E-state index is 0.251. The van der Waals surface area contributed by atoms with Gasteiger partial charge in [-0.1, -0.05) is 61.7 Å². The van der Waals surface area contributed by atoms with Crippen molar-refractivity contribution in [2.45, 2.75) is 55.5 Å². The number of benzene rings is 2. The Kier molecular flexibility index (Phi) is 7.34. The molecule has 2 unspecified atom stereocenters. The number of nitrogens with zero attached hydrogens (tertiary/aromatic N) is 1. The summed E-state index contributed by atoms with van der Waals surface area (Å²) < 4.78 is 23.5. The summed E-state index contributed by atoms with van der Waals surface area (Å²) in [5.74, 6) is -0.251. The number of amides is 1. The van der Waals surface area contributed by atoms with Crippen molar-refractivity contribution >= 4 is 15.7 Å². The first-order valence-corrected chi connectivity index (χ1v) is 12.7. The maximum atomic E-state index is 12.6. The van der Waals surface area contributed by atoms with E-state index in [1.807, 2.05) is 30.3 Å². The molecule has 0 heterocycles. The van der Waals surface area contributed by atoms with Crippen LogP contribution >= 0.6 is 0 Å². The number of sulfone groups is 1. The van der Waals surface area contributed by atoms with Crippen LogP contribution in [0.4, 0.5) is 0 Å². The largest absolute Gasteiger partial charge is 0.338 e. The van der Waals surface area contributed by atoms with Crippen molar-refractivity contribution < 1.29 is 13.2 Å². The highest BCUT2D eigenvalue weighted by molar-refractivity contribution is 7.90. The summed E-state index contributed by atoms with van der Waals surface area (Å²) in [6.07, 6.45) is 5.73. The highest BCUT2D eigenvalue weighted by Gasteiger charge is 2.36. The van der Waals surface area contributed by atoms with Gasteiger partial charge in [-0.2, -0.15) is 5.26 Å². The summed E-state index contributed by atoms with van der Waals surface area (Å²) in [5.41, 5.74) is 14.4. The minimum Gasteiger partial charge on any atom is -0.338 e. The lowest BCUT2D eigenvalue weighted by Crippen LogP contribution is -2.57. The van der Waals surface area contributed by atoms with Gasteiger partial charge in [-0.25, -0.2) is 8.42 Å². The average molecular weight is 455 g/mol. The quantitative estimate of drug-likeness (QED) is 0.587. The SMILES string of the molecule is CS(=O)(=O)C(N)c1cccc(-c2ccc(CC(C#N)NC(=O)C3(N)CCCCC3)cc2)c1. The van der Waals surface area contributed by atoms with Crippen LogP contribution in [0.2, 0.25) is 0 Å². The smallest absolute Gasteiger partial charge is 0.241 e. The van der Waals surface area contributed by atoms with Gasteiger partial charge in [0.2, 0.25) is 5.91 Å². The molecule has 0 spiro atoms. The number of hydrogen-bond acceptors (Lipinski definition) is 6. The van der Waals surface area contributed by atoms with Gasteiger partial charge in [0, 0.05) is 12.7 Å². The van der Waals surface area contributed by atoms with Gasteiger partial charge in [0.15, 0.2) is 9.84 Å². The molecule has 2 aromatic rings. The normalized spacial score (nSPS) is 17.7. The van der Waals surface area contributed by atoms with E-state index in [2.05, 4.69) is 11.4 Å². The minimum atomic E-state index is -3.40. The van der Waals surface area contributed by atoms with Crippen LogP contribution in [0.1, 0.15) is 48.6 Å². The molecule has 0 radical (unpaired) electrons. The topological polar surface area (TPSA) is 139 Å². The number of hydrogen-bond donors (Lipinski definition) is 3. The van der Waals surface area contributed by atoms with E-state index < -0.39 is 26.8 Å². The Morgan fingerprint density at radius 3 is 2.38 bits per heavy atom. The summed E-state index contributed by atoms with van der Waals surface area (Å²) in [6.45, 7) is 0. The average Bonchev–Trinajstić information content (AvgIpc) is 2.78. The van der Waals surface area contributed by atoms with Gasteiger partial charge >= 0.3 is 0 Å². The first-order chi connectivity index (χ1) is 15.1. The van der Waals surface area contributed by atoms with Gasteiger partial charge in [0.25, 0.3) is 0 Å². The van der Waals surface area contributed by atoms with Crippen LogP contribution in [0.15, 0.2) is 48.5 Å². The van der Waals surface area contributed by atoms with E-state index in [0.717, 1.165) is 42.2 Å². The van der Waals surface area contributed by atoms with Crippen molar-refractivity contribution in [1.29, 1.82) is 5.26 Å². The number of rotatable bonds is 7. The molecule has 170 valence electrons. The third-order valence-corrected chi connectivity index (χ3v) is 7.26. The molecule has 0 aromatic heterocycles. The number of carbonyl (C=O) groups is 1. The first-order valence-electron chi connectivity index (χ1n) is 10.8. The van der Waals surface area contributed by atoms with Crippen molar-refractivity contribution in [2.24, 2.45) is 11.5 Å². The second kappa shape index (κ2) is 9.82. The summed E-state index contributed by atoms with van der Waals surface area (Å²) in [4.78, 5) is 12.6. The highest BCUT2D eigenvalue weighted by atomic mass is 32.2. The first kappa shape index (κ1) is 23.9. The van der Waals surface area contributed by atoms with Crippen LogP contribution in [0.3, 0.4) is 0 Å². The molecule has 2 atom stereocenters. The van der Waals surface area contributed by atoms with Crippen LogP contribution in [0.5, 0.6) is 0 Å². The number of carbonyl (C=O) groups excluding carboxylic acids is 1. The standard InChI is InChI=1S/C24H30N4O3S/c1-32(30,31)22(26)20-7-5-6-19(15-20)18-10-8-17(9-11-18)14-21(16-25)28-23(29)24(27)12-3-2-4-13-24/h5-11,15,21-22H,2-4,12-14,26-27H2,1H3,(H,28,29). The molecule has 3 rings (SSSR count). The van der Waals surface area contributed by atoms with Crippen LogP contribution in [-0.4, -0.2) is 32.2 Å². The van der Waals surface area contributed by atoms with E-state index in [9.17, 15) is 18.5 Å². The summed E-state index contributed by atoms with van der Waals surface area (Å²) in [5, 5.41) is 11.3. The van der Waals surface area contributed by atoms with E-state index in [-0.39, 0.29) is 5.91 Å². The van der Waals surface area contributed by atoms with Gasteiger partial charge < -0.3 is 16.8 Å². The van der Waals surface area contributed by atoms with Crippen molar-refractivity contribution in [3.05, 3.63) is 59.7 Å². The number of nitrogens with two attached hydrogens (primary N) is 2. The number of nitrogens with one attached hydrogen (secondary N) is 1. The fourth-order valence-electron chi connectivity index (χ4n) is 4.05. The highest BCUT2D eigenvalue weighted by Crippen LogP contribution is 2.27. The zero-order chi connectivity index (χ0) is 23.4. The Hall–Kier alpha value is -2.73. The second-order valence-electron chi connectivity index (χ2n) is 8.65. The van der Waals surface area contributed by atoms with Gasteiger partial charge in [0.1, 0.15) is 11.4 Å². The molecule has 0 bridgehead atoms. The predicted octanol–water partition coefficient (Wildman–Crippen LogP) is 2.57. The third-order valence-electron chi connectivity index (χ3n) is 6.06. The lowest BCUT2D eigenvalue weighted by atomic mass is 9.81. The third kappa shape index (κ3) is 5.74. The van der Waals surface area contributed by atoms with Crippen LogP contribution in [0.25, 0.3) is 11.1 Å². The van der Waals surface area contributed by atoms with Gasteiger partial charge in [-0.3, -0.25) is 4.79 Å². The molecule has 1 fully saturated rings. The fraction of sp³-hybridized carbons (Fsp3) is 0.417.